The zero-order valence-corrected chi connectivity index (χ0v) is 37.5. The number of hydrogen-bond acceptors (Lipinski definition) is 22. The van der Waals surface area contributed by atoms with Gasteiger partial charge in [-0.05, 0) is 19.9 Å². The maximum absolute atomic E-state index is 9.36. The van der Waals surface area contributed by atoms with Crippen LogP contribution in [0.25, 0.3) is 0 Å². The van der Waals surface area contributed by atoms with E-state index in [1.54, 1.807) is 7.05 Å². The van der Waals surface area contributed by atoms with E-state index in [2.05, 4.69) is 5.32 Å². The number of nitrogens with two attached hydrogens (primary N) is 3. The predicted octanol–water partition coefficient (Wildman–Crippen LogP) is -3.76. The zero-order valence-electron chi connectivity index (χ0n) is 37.5. The maximum atomic E-state index is 9.36. The Labute approximate surface area is 364 Å². The number of ether oxygens (including phenoxy) is 12. The van der Waals surface area contributed by atoms with Gasteiger partial charge in [-0.3, -0.25) is 0 Å². The number of nitrogens with one attached hydrogen (secondary N) is 1. The summed E-state index contributed by atoms with van der Waals surface area (Å²) in [5, 5.41) is 58.0. The fourth-order valence-electron chi connectivity index (χ4n) is 3.72. The summed E-state index contributed by atoms with van der Waals surface area (Å²) in [5.41, 5.74) is 15.7. The first kappa shape index (κ1) is 64.4. The van der Waals surface area contributed by atoms with Crippen molar-refractivity contribution in [3.63, 3.8) is 0 Å². The summed E-state index contributed by atoms with van der Waals surface area (Å²) < 4.78 is 62.7. The number of likely N-dealkylation sites (N-methyl/N-ethyl adjacent to an activating group) is 1. The molecule has 13 N–H and O–H groups in total. The van der Waals surface area contributed by atoms with Gasteiger partial charge in [0.2, 0.25) is 0 Å². The highest BCUT2D eigenvalue weighted by molar-refractivity contribution is 4.56. The summed E-state index contributed by atoms with van der Waals surface area (Å²) in [7, 11) is 1.78. The van der Waals surface area contributed by atoms with Crippen LogP contribution in [0.2, 0.25) is 0 Å². The molecule has 0 aromatic heterocycles. The quantitative estimate of drug-likeness (QED) is 0.0262. The van der Waals surface area contributed by atoms with Crippen LogP contribution in [-0.4, -0.2) is 259 Å². The molecule has 0 rings (SSSR count). The van der Waals surface area contributed by atoms with Gasteiger partial charge in [-0.1, -0.05) is 13.8 Å². The molecule has 22 nitrogen and oxygen atoms in total. The lowest BCUT2D eigenvalue weighted by atomic mass is 10.3. The molecular weight excluding hydrogens is 812 g/mol. The molecule has 0 aliphatic heterocycles. The van der Waals surface area contributed by atoms with E-state index < -0.39 is 36.6 Å². The summed E-state index contributed by atoms with van der Waals surface area (Å²) in [6, 6.07) is 0. The summed E-state index contributed by atoms with van der Waals surface area (Å²) in [6.07, 6.45) is -1.71. The molecule has 6 unspecified atom stereocenters. The highest BCUT2D eigenvalue weighted by atomic mass is 16.6. The molecule has 0 radical (unpaired) electrons. The molecule has 0 spiro atoms. The van der Waals surface area contributed by atoms with E-state index >= 15 is 0 Å². The fourth-order valence-corrected chi connectivity index (χ4v) is 3.72. The molecule has 372 valence electrons. The average molecular weight is 901 g/mol. The van der Waals surface area contributed by atoms with Gasteiger partial charge in [0.25, 0.3) is 0 Å². The van der Waals surface area contributed by atoms with Gasteiger partial charge in [0.05, 0.1) is 195 Å². The lowest BCUT2D eigenvalue weighted by Gasteiger charge is -2.11. The van der Waals surface area contributed by atoms with Crippen LogP contribution in [0.3, 0.4) is 0 Å². The molecule has 22 heteroatoms. The van der Waals surface area contributed by atoms with Crippen molar-refractivity contribution in [3.05, 3.63) is 0 Å². The van der Waals surface area contributed by atoms with Crippen molar-refractivity contribution in [2.75, 3.05) is 192 Å². The van der Waals surface area contributed by atoms with Crippen molar-refractivity contribution in [1.29, 1.82) is 0 Å². The molecule has 6 atom stereocenters. The Morgan fingerprint density at radius 2 is 0.492 bits per heavy atom. The van der Waals surface area contributed by atoms with Crippen LogP contribution in [-0.2, 0) is 56.8 Å². The molecule has 0 aliphatic rings. The SMILES string of the molecule is CCC(O)COCCOCCOCCOCC(O)CN.CCC(O)COCCOCCOCCOCC(O)CN.CNCC(O)COCCOCCOCCOCC(O)CN. The molecule has 0 amide bonds. The largest absolute Gasteiger partial charge is 0.391 e. The highest BCUT2D eigenvalue weighted by Crippen LogP contribution is 1.93. The highest BCUT2D eigenvalue weighted by Gasteiger charge is 2.04. The minimum Gasteiger partial charge on any atom is -0.391 e. The van der Waals surface area contributed by atoms with Crippen LogP contribution >= 0.6 is 0 Å². The topological polar surface area (TPSA) is 322 Å². The van der Waals surface area contributed by atoms with Gasteiger partial charge in [-0.25, -0.2) is 0 Å². The smallest absolute Gasteiger partial charge is 0.0897 e. The Morgan fingerprint density at radius 1 is 0.311 bits per heavy atom. The van der Waals surface area contributed by atoms with E-state index in [1.807, 2.05) is 13.8 Å². The number of aliphatic hydroxyl groups is 6. The van der Waals surface area contributed by atoms with Crippen LogP contribution in [0.15, 0.2) is 0 Å². The average Bonchev–Trinajstić information content (AvgIpc) is 3.27. The van der Waals surface area contributed by atoms with Crippen molar-refractivity contribution in [1.82, 2.24) is 5.32 Å². The van der Waals surface area contributed by atoms with Gasteiger partial charge in [-0.15, -0.1) is 0 Å². The van der Waals surface area contributed by atoms with Crippen molar-refractivity contribution >= 4 is 0 Å². The summed E-state index contributed by atoms with van der Waals surface area (Å²) in [4.78, 5) is 0. The Morgan fingerprint density at radius 3 is 0.672 bits per heavy atom. The first-order valence-corrected chi connectivity index (χ1v) is 21.4. The van der Waals surface area contributed by atoms with Gasteiger partial charge in [0, 0.05) is 26.2 Å². The Balaban J connectivity index is -0.000000828. The molecule has 0 saturated heterocycles. The molecule has 61 heavy (non-hydrogen) atoms. The molecule has 0 bridgehead atoms. The van der Waals surface area contributed by atoms with Crippen LogP contribution in [0, 0.1) is 0 Å². The lowest BCUT2D eigenvalue weighted by Crippen LogP contribution is -2.28. The zero-order chi connectivity index (χ0) is 45.9. The van der Waals surface area contributed by atoms with E-state index in [9.17, 15) is 15.3 Å². The van der Waals surface area contributed by atoms with E-state index in [0.29, 0.717) is 158 Å². The monoisotopic (exact) mass is 901 g/mol. The van der Waals surface area contributed by atoms with E-state index in [-0.39, 0.29) is 39.5 Å². The van der Waals surface area contributed by atoms with Crippen LogP contribution in [0.5, 0.6) is 0 Å². The van der Waals surface area contributed by atoms with Crippen molar-refractivity contribution in [2.45, 2.75) is 63.3 Å². The first-order chi connectivity index (χ1) is 29.6. The van der Waals surface area contributed by atoms with Gasteiger partial charge in [0.1, 0.15) is 0 Å². The molecule has 0 fully saturated rings. The Kier molecular flexibility index (Phi) is 58.3. The van der Waals surface area contributed by atoms with Gasteiger partial charge < -0.3 is 110 Å². The van der Waals surface area contributed by atoms with Gasteiger partial charge in [-0.2, -0.15) is 0 Å². The third-order valence-corrected chi connectivity index (χ3v) is 7.41. The second-order valence-electron chi connectivity index (χ2n) is 13.1. The molecule has 0 aliphatic carbocycles. The van der Waals surface area contributed by atoms with Crippen molar-refractivity contribution < 1.29 is 87.5 Å². The molecule has 0 aromatic rings. The second kappa shape index (κ2) is 55.3. The summed E-state index contributed by atoms with van der Waals surface area (Å²) in [5.74, 6) is 0. The number of rotatable bonds is 46. The first-order valence-electron chi connectivity index (χ1n) is 21.4. The standard InChI is InChI=1S/C13H30N2O6.2C13H29NO6/c1-15-9-13(17)11-21-7-5-19-3-2-18-4-6-20-10-12(16)8-14;2*1-2-12(15)10-19-7-5-17-3-4-18-6-8-20-11-13(16)9-14/h12-13,15-17H,2-11,14H2,1H3;2*12-13,15-16H,2-11,14H2,1H3. The predicted molar refractivity (Wildman–Crippen MR) is 228 cm³/mol. The Bertz CT molecular complexity index is 716. The van der Waals surface area contributed by atoms with Crippen LogP contribution in [0.1, 0.15) is 26.7 Å². The number of hydrogen-bond donors (Lipinski definition) is 10. The van der Waals surface area contributed by atoms with Crippen molar-refractivity contribution in [2.24, 2.45) is 17.2 Å². The Hall–Kier alpha value is -0.880. The maximum Gasteiger partial charge on any atom is 0.0897 e. The summed E-state index contributed by atoms with van der Waals surface area (Å²) in [6.45, 7) is 15.0. The van der Waals surface area contributed by atoms with Gasteiger partial charge in [0.15, 0.2) is 0 Å². The summed E-state index contributed by atoms with van der Waals surface area (Å²) >= 11 is 0. The minimum atomic E-state index is -0.611. The third-order valence-electron chi connectivity index (χ3n) is 7.41. The van der Waals surface area contributed by atoms with E-state index in [0.717, 1.165) is 0 Å². The normalized spacial score (nSPS) is 14.4. The second-order valence-corrected chi connectivity index (χ2v) is 13.1. The minimum absolute atomic E-state index is 0.197. The fraction of sp³-hybridized carbons (Fsp3) is 1.00. The molecule has 0 aromatic carbocycles. The van der Waals surface area contributed by atoms with Gasteiger partial charge >= 0.3 is 0 Å². The molecular formula is C39H88N4O18. The molecule has 0 heterocycles. The van der Waals surface area contributed by atoms with Crippen molar-refractivity contribution in [3.8, 4) is 0 Å². The van der Waals surface area contributed by atoms with E-state index in [4.69, 9.17) is 89.4 Å². The third kappa shape index (κ3) is 59.1. The van der Waals surface area contributed by atoms with Crippen LogP contribution < -0.4 is 22.5 Å². The van der Waals surface area contributed by atoms with Crippen LogP contribution in [0.4, 0.5) is 0 Å². The lowest BCUT2D eigenvalue weighted by molar-refractivity contribution is -0.0237. The molecule has 0 saturated carbocycles. The number of aliphatic hydroxyl groups excluding tert-OH is 6. The van der Waals surface area contributed by atoms with E-state index in [1.165, 1.54) is 0 Å².